The van der Waals surface area contributed by atoms with Crippen LogP contribution in [-0.2, 0) is 4.74 Å². The van der Waals surface area contributed by atoms with Crippen LogP contribution in [0, 0.1) is 0 Å². The second kappa shape index (κ2) is 4.63. The Labute approximate surface area is 108 Å². The summed E-state index contributed by atoms with van der Waals surface area (Å²) in [5.41, 5.74) is 7.61. The lowest BCUT2D eigenvalue weighted by Crippen LogP contribution is -2.48. The molecule has 1 heterocycles. The lowest BCUT2D eigenvalue weighted by molar-refractivity contribution is -0.0276. The second-order valence-electron chi connectivity index (χ2n) is 4.94. The summed E-state index contributed by atoms with van der Waals surface area (Å²) in [7, 11) is 0. The highest BCUT2D eigenvalue weighted by Crippen LogP contribution is 2.23. The van der Waals surface area contributed by atoms with E-state index >= 15 is 0 Å². The van der Waals surface area contributed by atoms with E-state index in [0.717, 1.165) is 25.3 Å². The summed E-state index contributed by atoms with van der Waals surface area (Å²) in [6.07, 6.45) is 0. The number of hydrogen-bond donors (Lipinski definition) is 1. The van der Waals surface area contributed by atoms with E-state index in [1.165, 1.54) is 5.69 Å². The van der Waals surface area contributed by atoms with Crippen molar-refractivity contribution in [2.45, 2.75) is 19.4 Å². The molecule has 0 unspecified atom stereocenters. The van der Waals surface area contributed by atoms with Gasteiger partial charge in [0.05, 0.1) is 12.2 Å². The van der Waals surface area contributed by atoms with Gasteiger partial charge in [-0.1, -0.05) is 12.2 Å². The molecule has 1 aromatic rings. The van der Waals surface area contributed by atoms with Crippen LogP contribution < -0.4 is 10.6 Å². The van der Waals surface area contributed by atoms with Crippen molar-refractivity contribution >= 4 is 22.9 Å². The first kappa shape index (κ1) is 12.3. The van der Waals surface area contributed by atoms with Crippen LogP contribution in [0.3, 0.4) is 0 Å². The van der Waals surface area contributed by atoms with E-state index in [4.69, 9.17) is 22.7 Å². The molecule has 0 bridgehead atoms. The van der Waals surface area contributed by atoms with Crippen molar-refractivity contribution in [1.29, 1.82) is 0 Å². The maximum absolute atomic E-state index is 5.70. The summed E-state index contributed by atoms with van der Waals surface area (Å²) in [6.45, 7) is 6.82. The Balaban J connectivity index is 2.14. The Kier molecular flexibility index (Phi) is 3.35. The van der Waals surface area contributed by atoms with Gasteiger partial charge in [-0.2, -0.15) is 0 Å². The third-order valence-corrected chi connectivity index (χ3v) is 3.18. The number of nitrogens with zero attached hydrogens (tertiary/aromatic N) is 1. The molecule has 3 nitrogen and oxygen atoms in total. The number of nitrogens with two attached hydrogens (primary N) is 1. The van der Waals surface area contributed by atoms with Crippen LogP contribution in [0.5, 0.6) is 0 Å². The predicted octanol–water partition coefficient (Wildman–Crippen LogP) is 1.94. The Morgan fingerprint density at radius 2 is 2.00 bits per heavy atom. The van der Waals surface area contributed by atoms with Gasteiger partial charge in [0.1, 0.15) is 4.99 Å². The van der Waals surface area contributed by atoms with Crippen molar-refractivity contribution in [2.75, 3.05) is 24.6 Å². The van der Waals surface area contributed by atoms with E-state index in [9.17, 15) is 0 Å². The predicted molar refractivity (Wildman–Crippen MR) is 74.6 cm³/mol. The first-order valence-corrected chi connectivity index (χ1v) is 6.17. The van der Waals surface area contributed by atoms with Gasteiger partial charge in [0.25, 0.3) is 0 Å². The number of morpholine rings is 1. The van der Waals surface area contributed by atoms with Crippen LogP contribution in [-0.4, -0.2) is 30.3 Å². The van der Waals surface area contributed by atoms with Gasteiger partial charge in [0.2, 0.25) is 0 Å². The van der Waals surface area contributed by atoms with Gasteiger partial charge >= 0.3 is 0 Å². The summed E-state index contributed by atoms with van der Waals surface area (Å²) >= 11 is 4.94. The zero-order valence-corrected chi connectivity index (χ0v) is 11.1. The van der Waals surface area contributed by atoms with Crippen LogP contribution in [0.25, 0.3) is 0 Å². The van der Waals surface area contributed by atoms with Gasteiger partial charge in [0.15, 0.2) is 0 Å². The van der Waals surface area contributed by atoms with Gasteiger partial charge in [-0.25, -0.2) is 0 Å². The number of rotatable bonds is 2. The maximum atomic E-state index is 5.70. The SMILES string of the molecule is CC1(C)CN(c2ccc(C(N)=S)cc2)CCO1. The minimum Gasteiger partial charge on any atom is -0.389 e. The molecule has 2 rings (SSSR count). The molecule has 0 atom stereocenters. The fraction of sp³-hybridized carbons (Fsp3) is 0.462. The van der Waals surface area contributed by atoms with Crippen LogP contribution >= 0.6 is 12.2 Å². The molecule has 0 aromatic heterocycles. The van der Waals surface area contributed by atoms with Crippen molar-refractivity contribution < 1.29 is 4.74 Å². The molecule has 0 aliphatic carbocycles. The van der Waals surface area contributed by atoms with Crippen LogP contribution in [0.1, 0.15) is 19.4 Å². The molecular formula is C13H18N2OS. The molecular weight excluding hydrogens is 232 g/mol. The van der Waals surface area contributed by atoms with Gasteiger partial charge < -0.3 is 15.4 Å². The van der Waals surface area contributed by atoms with E-state index in [1.54, 1.807) is 0 Å². The van der Waals surface area contributed by atoms with Crippen molar-refractivity contribution in [3.8, 4) is 0 Å². The fourth-order valence-corrected chi connectivity index (χ4v) is 2.21. The Morgan fingerprint density at radius 1 is 1.35 bits per heavy atom. The number of anilines is 1. The van der Waals surface area contributed by atoms with Crippen LogP contribution in [0.15, 0.2) is 24.3 Å². The van der Waals surface area contributed by atoms with Gasteiger partial charge in [0, 0.05) is 24.3 Å². The van der Waals surface area contributed by atoms with E-state index in [1.807, 2.05) is 12.1 Å². The molecule has 2 N–H and O–H groups in total. The molecule has 0 saturated carbocycles. The van der Waals surface area contributed by atoms with Crippen molar-refractivity contribution in [3.63, 3.8) is 0 Å². The standard InChI is InChI=1S/C13H18N2OS/c1-13(2)9-15(7-8-16-13)11-5-3-10(4-6-11)12(14)17/h3-6H,7-9H2,1-2H3,(H2,14,17). The maximum Gasteiger partial charge on any atom is 0.103 e. The first-order valence-electron chi connectivity index (χ1n) is 5.77. The van der Waals surface area contributed by atoms with Crippen LogP contribution in [0.2, 0.25) is 0 Å². The summed E-state index contributed by atoms with van der Waals surface area (Å²) in [5.74, 6) is 0. The average molecular weight is 250 g/mol. The average Bonchev–Trinajstić information content (AvgIpc) is 2.28. The van der Waals surface area contributed by atoms with E-state index in [-0.39, 0.29) is 5.60 Å². The topological polar surface area (TPSA) is 38.5 Å². The molecule has 0 amide bonds. The zero-order chi connectivity index (χ0) is 12.5. The summed E-state index contributed by atoms with van der Waals surface area (Å²) in [6, 6.07) is 8.08. The van der Waals surface area contributed by atoms with Crippen LogP contribution in [0.4, 0.5) is 5.69 Å². The lowest BCUT2D eigenvalue weighted by Gasteiger charge is -2.39. The van der Waals surface area contributed by atoms with Gasteiger partial charge in [-0.05, 0) is 38.1 Å². The smallest absolute Gasteiger partial charge is 0.103 e. The van der Waals surface area contributed by atoms with E-state index in [0.29, 0.717) is 4.99 Å². The minimum atomic E-state index is -0.0832. The molecule has 1 saturated heterocycles. The van der Waals surface area contributed by atoms with Crippen molar-refractivity contribution in [1.82, 2.24) is 0 Å². The van der Waals surface area contributed by atoms with E-state index < -0.39 is 0 Å². The highest BCUT2D eigenvalue weighted by atomic mass is 32.1. The van der Waals surface area contributed by atoms with Gasteiger partial charge in [-0.3, -0.25) is 0 Å². The Bertz CT molecular complexity index is 414. The molecule has 0 radical (unpaired) electrons. The summed E-state index contributed by atoms with van der Waals surface area (Å²) in [4.78, 5) is 2.77. The third kappa shape index (κ3) is 2.96. The highest BCUT2D eigenvalue weighted by Gasteiger charge is 2.27. The highest BCUT2D eigenvalue weighted by molar-refractivity contribution is 7.80. The molecule has 0 spiro atoms. The van der Waals surface area contributed by atoms with Gasteiger partial charge in [-0.15, -0.1) is 0 Å². The number of benzene rings is 1. The second-order valence-corrected chi connectivity index (χ2v) is 5.38. The zero-order valence-electron chi connectivity index (χ0n) is 10.3. The fourth-order valence-electron chi connectivity index (χ4n) is 2.07. The summed E-state index contributed by atoms with van der Waals surface area (Å²) < 4.78 is 5.70. The lowest BCUT2D eigenvalue weighted by atomic mass is 10.1. The minimum absolute atomic E-state index is 0.0832. The largest absolute Gasteiger partial charge is 0.389 e. The number of ether oxygens (including phenoxy) is 1. The molecule has 4 heteroatoms. The number of thiocarbonyl (C=S) groups is 1. The third-order valence-electron chi connectivity index (χ3n) is 2.94. The molecule has 1 aliphatic rings. The van der Waals surface area contributed by atoms with Crippen molar-refractivity contribution in [2.24, 2.45) is 5.73 Å². The monoisotopic (exact) mass is 250 g/mol. The quantitative estimate of drug-likeness (QED) is 0.814. The molecule has 1 fully saturated rings. The Hall–Kier alpha value is -1.13. The summed E-state index contributed by atoms with van der Waals surface area (Å²) in [5, 5.41) is 0. The number of hydrogen-bond acceptors (Lipinski definition) is 3. The molecule has 17 heavy (non-hydrogen) atoms. The molecule has 1 aliphatic heterocycles. The Morgan fingerprint density at radius 3 is 2.53 bits per heavy atom. The molecule has 1 aromatic carbocycles. The first-order chi connectivity index (χ1) is 7.98. The molecule has 92 valence electrons. The van der Waals surface area contributed by atoms with E-state index in [2.05, 4.69) is 30.9 Å². The normalized spacial score (nSPS) is 19.1. The van der Waals surface area contributed by atoms with Crippen molar-refractivity contribution in [3.05, 3.63) is 29.8 Å².